The Morgan fingerprint density at radius 2 is 2.00 bits per heavy atom. The van der Waals surface area contributed by atoms with Gasteiger partial charge in [-0.15, -0.1) is 35.3 Å². The van der Waals surface area contributed by atoms with Crippen molar-refractivity contribution < 1.29 is 0 Å². The monoisotopic (exact) mass is 485 g/mol. The van der Waals surface area contributed by atoms with Crippen LogP contribution in [0.25, 0.3) is 0 Å². The van der Waals surface area contributed by atoms with E-state index >= 15 is 0 Å². The highest BCUT2D eigenvalue weighted by atomic mass is 127. The van der Waals surface area contributed by atoms with Crippen LogP contribution in [0.2, 0.25) is 0 Å². The minimum Gasteiger partial charge on any atom is -0.357 e. The molecule has 142 valence electrons. The molecule has 1 saturated heterocycles. The molecule has 3 heterocycles. The lowest BCUT2D eigenvalue weighted by Gasteiger charge is -2.16. The lowest BCUT2D eigenvalue weighted by atomic mass is 10.3. The van der Waals surface area contributed by atoms with Crippen LogP contribution in [0.5, 0.6) is 0 Å². The molecule has 5 nitrogen and oxygen atoms in total. The van der Waals surface area contributed by atoms with Gasteiger partial charge in [-0.25, -0.2) is 9.98 Å². The molecule has 0 unspecified atom stereocenters. The standard InChI is InChI=1S/C19H27N5S.HI/c1-3-20-19(23-14-17-8-6-15(2)25-17)22-13-16-7-9-18(21-12-16)24-10-4-5-11-24;/h6-9,12H,3-5,10-11,13-14H2,1-2H3,(H2,20,22,23);1H. The van der Waals surface area contributed by atoms with Crippen LogP contribution >= 0.6 is 35.3 Å². The van der Waals surface area contributed by atoms with Crippen LogP contribution in [0.4, 0.5) is 5.82 Å². The van der Waals surface area contributed by atoms with Gasteiger partial charge < -0.3 is 15.5 Å². The molecule has 2 aromatic rings. The second kappa shape index (κ2) is 10.7. The van der Waals surface area contributed by atoms with Crippen molar-refractivity contribution in [3.63, 3.8) is 0 Å². The number of thiophene rings is 1. The van der Waals surface area contributed by atoms with Gasteiger partial charge in [0, 0.05) is 35.6 Å². The molecule has 0 spiro atoms. The molecule has 7 heteroatoms. The molecule has 2 aromatic heterocycles. The van der Waals surface area contributed by atoms with E-state index in [0.29, 0.717) is 6.54 Å². The quantitative estimate of drug-likeness (QED) is 0.370. The number of guanidine groups is 1. The molecule has 26 heavy (non-hydrogen) atoms. The van der Waals surface area contributed by atoms with Crippen LogP contribution in [0.3, 0.4) is 0 Å². The lowest BCUT2D eigenvalue weighted by Crippen LogP contribution is -2.36. The van der Waals surface area contributed by atoms with Crippen LogP contribution in [-0.2, 0) is 13.1 Å². The summed E-state index contributed by atoms with van der Waals surface area (Å²) >= 11 is 1.82. The van der Waals surface area contributed by atoms with Crippen LogP contribution in [-0.4, -0.2) is 30.6 Å². The molecular weight excluding hydrogens is 457 g/mol. The molecular formula is C19H28IN5S. The van der Waals surface area contributed by atoms with Crippen LogP contribution < -0.4 is 15.5 Å². The van der Waals surface area contributed by atoms with Crippen LogP contribution in [0.15, 0.2) is 35.5 Å². The Morgan fingerprint density at radius 1 is 1.19 bits per heavy atom. The van der Waals surface area contributed by atoms with Gasteiger partial charge in [-0.1, -0.05) is 6.07 Å². The maximum atomic E-state index is 4.68. The summed E-state index contributed by atoms with van der Waals surface area (Å²) in [4.78, 5) is 14.3. The van der Waals surface area contributed by atoms with Crippen LogP contribution in [0.1, 0.15) is 35.1 Å². The van der Waals surface area contributed by atoms with Crippen molar-refractivity contribution in [2.75, 3.05) is 24.5 Å². The second-order valence-electron chi connectivity index (χ2n) is 6.28. The van der Waals surface area contributed by atoms with Crippen molar-refractivity contribution in [1.29, 1.82) is 0 Å². The largest absolute Gasteiger partial charge is 0.357 e. The van der Waals surface area contributed by atoms with Crippen molar-refractivity contribution in [2.45, 2.75) is 39.8 Å². The normalized spacial score (nSPS) is 14.2. The van der Waals surface area contributed by atoms with E-state index in [2.05, 4.69) is 63.6 Å². The summed E-state index contributed by atoms with van der Waals surface area (Å²) in [7, 11) is 0. The number of anilines is 1. The maximum absolute atomic E-state index is 4.68. The minimum absolute atomic E-state index is 0. The van der Waals surface area contributed by atoms with Crippen molar-refractivity contribution in [3.05, 3.63) is 45.8 Å². The molecule has 0 radical (unpaired) electrons. The molecule has 0 amide bonds. The first-order chi connectivity index (χ1) is 12.2. The molecule has 0 aromatic carbocycles. The molecule has 0 aliphatic carbocycles. The van der Waals surface area contributed by atoms with Crippen molar-refractivity contribution >= 4 is 47.1 Å². The Bertz CT molecular complexity index is 692. The fourth-order valence-electron chi connectivity index (χ4n) is 2.91. The molecule has 0 atom stereocenters. The van der Waals surface area contributed by atoms with Crippen molar-refractivity contribution in [2.24, 2.45) is 4.99 Å². The number of pyridine rings is 1. The number of aryl methyl sites for hydroxylation is 1. The van der Waals surface area contributed by atoms with Gasteiger partial charge in [0.2, 0.25) is 0 Å². The van der Waals surface area contributed by atoms with E-state index in [0.717, 1.165) is 43.5 Å². The summed E-state index contributed by atoms with van der Waals surface area (Å²) in [5.74, 6) is 1.93. The van der Waals surface area contributed by atoms with E-state index in [9.17, 15) is 0 Å². The summed E-state index contributed by atoms with van der Waals surface area (Å²) in [6.07, 6.45) is 4.49. The molecule has 0 saturated carbocycles. The molecule has 1 fully saturated rings. The smallest absolute Gasteiger partial charge is 0.191 e. The van der Waals surface area contributed by atoms with Gasteiger partial charge in [0.15, 0.2) is 5.96 Å². The third-order valence-electron chi connectivity index (χ3n) is 4.23. The topological polar surface area (TPSA) is 52.6 Å². The summed E-state index contributed by atoms with van der Waals surface area (Å²) < 4.78 is 0. The first kappa shape index (κ1) is 21.0. The Kier molecular flexibility index (Phi) is 8.64. The van der Waals surface area contributed by atoms with E-state index < -0.39 is 0 Å². The number of hydrogen-bond donors (Lipinski definition) is 2. The number of hydrogen-bond acceptors (Lipinski definition) is 4. The number of aromatic nitrogens is 1. The average molecular weight is 485 g/mol. The van der Waals surface area contributed by atoms with Gasteiger partial charge >= 0.3 is 0 Å². The van der Waals surface area contributed by atoms with Gasteiger partial charge in [-0.05, 0) is 50.5 Å². The summed E-state index contributed by atoms with van der Waals surface area (Å²) in [5, 5.41) is 6.70. The Balaban J connectivity index is 0.00000243. The molecule has 0 bridgehead atoms. The third-order valence-corrected chi connectivity index (χ3v) is 5.23. The predicted octanol–water partition coefficient (Wildman–Crippen LogP) is 3.93. The highest BCUT2D eigenvalue weighted by Gasteiger charge is 2.12. The highest BCUT2D eigenvalue weighted by molar-refractivity contribution is 14.0. The Hall–Kier alpha value is -1.35. The zero-order valence-electron chi connectivity index (χ0n) is 15.5. The summed E-state index contributed by atoms with van der Waals surface area (Å²) in [5.41, 5.74) is 1.13. The molecule has 1 aliphatic heterocycles. The van der Waals surface area contributed by atoms with E-state index in [1.165, 1.54) is 22.6 Å². The SMILES string of the molecule is CCNC(=NCc1ccc(N2CCCC2)nc1)NCc1ccc(C)s1.I. The van der Waals surface area contributed by atoms with Gasteiger partial charge in [-0.3, -0.25) is 0 Å². The van der Waals surface area contributed by atoms with Crippen molar-refractivity contribution in [1.82, 2.24) is 15.6 Å². The Labute approximate surface area is 177 Å². The molecule has 1 aliphatic rings. The van der Waals surface area contributed by atoms with E-state index in [1.54, 1.807) is 0 Å². The van der Waals surface area contributed by atoms with Gasteiger partial charge in [0.25, 0.3) is 0 Å². The number of nitrogens with zero attached hydrogens (tertiary/aromatic N) is 3. The average Bonchev–Trinajstić information content (AvgIpc) is 3.30. The van der Waals surface area contributed by atoms with Gasteiger partial charge in [0.05, 0.1) is 13.1 Å². The van der Waals surface area contributed by atoms with Gasteiger partial charge in [-0.2, -0.15) is 0 Å². The zero-order valence-corrected chi connectivity index (χ0v) is 18.6. The third kappa shape index (κ3) is 6.12. The Morgan fingerprint density at radius 3 is 2.62 bits per heavy atom. The summed E-state index contributed by atoms with van der Waals surface area (Å²) in [6, 6.07) is 8.57. The van der Waals surface area contributed by atoms with Crippen LogP contribution in [0, 0.1) is 6.92 Å². The van der Waals surface area contributed by atoms with Crippen molar-refractivity contribution in [3.8, 4) is 0 Å². The first-order valence-electron chi connectivity index (χ1n) is 9.02. The molecule has 2 N–H and O–H groups in total. The number of rotatable bonds is 6. The fourth-order valence-corrected chi connectivity index (χ4v) is 3.74. The predicted molar refractivity (Wildman–Crippen MR) is 122 cm³/mol. The number of halogens is 1. The minimum atomic E-state index is 0. The first-order valence-corrected chi connectivity index (χ1v) is 9.83. The maximum Gasteiger partial charge on any atom is 0.191 e. The van der Waals surface area contributed by atoms with E-state index in [1.807, 2.05) is 17.5 Å². The lowest BCUT2D eigenvalue weighted by molar-refractivity contribution is 0.822. The molecule has 3 rings (SSSR count). The fraction of sp³-hybridized carbons (Fsp3) is 0.474. The van der Waals surface area contributed by atoms with E-state index in [-0.39, 0.29) is 24.0 Å². The highest BCUT2D eigenvalue weighted by Crippen LogP contribution is 2.18. The number of aliphatic imine (C=N–C) groups is 1. The number of nitrogens with one attached hydrogen (secondary N) is 2. The zero-order chi connectivity index (χ0) is 17.5. The second-order valence-corrected chi connectivity index (χ2v) is 7.65. The van der Waals surface area contributed by atoms with Gasteiger partial charge in [0.1, 0.15) is 5.82 Å². The summed E-state index contributed by atoms with van der Waals surface area (Å²) in [6.45, 7) is 8.75. The van der Waals surface area contributed by atoms with E-state index in [4.69, 9.17) is 0 Å².